The zero-order chi connectivity index (χ0) is 29.6. The molecule has 226 valence electrons. The number of ether oxygens (including phenoxy) is 2. The van der Waals surface area contributed by atoms with E-state index in [1.807, 2.05) is 0 Å². The number of aliphatic hydroxyl groups excluding tert-OH is 6. The molecule has 10 N–H and O–H groups in total. The van der Waals surface area contributed by atoms with Crippen molar-refractivity contribution in [1.82, 2.24) is 19.5 Å². The van der Waals surface area contributed by atoms with Crippen LogP contribution in [0.4, 0.5) is 10.2 Å². The maximum atomic E-state index is 14.9. The van der Waals surface area contributed by atoms with E-state index in [9.17, 15) is 48.8 Å². The number of fused-ring (bicyclic) bond motifs is 1. The number of nitrogen functional groups attached to an aromatic ring is 1. The maximum absolute atomic E-state index is 14.9. The normalized spacial score (nSPS) is 36.8. The summed E-state index contributed by atoms with van der Waals surface area (Å²) in [5.74, 6) is -0.0106. The van der Waals surface area contributed by atoms with Gasteiger partial charge in [0.05, 0.1) is 19.5 Å². The van der Waals surface area contributed by atoms with Gasteiger partial charge in [-0.3, -0.25) is 13.6 Å². The van der Waals surface area contributed by atoms with Crippen molar-refractivity contribution in [2.45, 2.75) is 61.4 Å². The number of rotatable bonds is 10. The van der Waals surface area contributed by atoms with Crippen LogP contribution in [0.25, 0.3) is 11.2 Å². The first-order valence-electron chi connectivity index (χ1n) is 11.2. The third-order valence-electron chi connectivity index (χ3n) is 5.97. The van der Waals surface area contributed by atoms with Gasteiger partial charge in [0.15, 0.2) is 30.2 Å². The summed E-state index contributed by atoms with van der Waals surface area (Å²) in [7, 11) is -11.2. The number of imidazole rings is 1. The van der Waals surface area contributed by atoms with Gasteiger partial charge in [0, 0.05) is 0 Å². The molecule has 0 bridgehead atoms. The van der Waals surface area contributed by atoms with Crippen molar-refractivity contribution >= 4 is 32.6 Å². The van der Waals surface area contributed by atoms with Crippen LogP contribution in [0.5, 0.6) is 0 Å². The molecule has 2 aliphatic heterocycles. The number of hydrogen-bond donors (Lipinski definition) is 9. The zero-order valence-corrected chi connectivity index (χ0v) is 21.7. The van der Waals surface area contributed by atoms with E-state index in [-0.39, 0.29) is 17.0 Å². The number of halogens is 1. The van der Waals surface area contributed by atoms with Crippen LogP contribution in [0.15, 0.2) is 12.7 Å². The molecule has 2 aromatic heterocycles. The standard InChI is InChI=1S/C17H26FN5O15P2/c18-7-9(26)6(35-16(7)23-4-22-8-14(19)20-3-21-15(8)23)2-34-39(30,31)38-40(32,33)37-17-12(29)10(27)11(28)13(36-17)5(25)1-24/h3-7,9-13,16-17,24-29H,1-2H2,(H,30,31)(H,32,33)(H2,19,20,21)/t5-,6?,7?,9?,10?,11?,12?,13?,16?,17?/m1/s1. The first-order valence-corrected chi connectivity index (χ1v) is 14.2. The fraction of sp³-hybridized carbons (Fsp3) is 0.706. The number of hydrogen-bond acceptors (Lipinski definition) is 17. The second-order valence-electron chi connectivity index (χ2n) is 8.69. The summed E-state index contributed by atoms with van der Waals surface area (Å²) in [6.45, 7) is -2.04. The highest BCUT2D eigenvalue weighted by Gasteiger charge is 2.51. The topological polar surface area (TPSA) is 312 Å². The average molecular weight is 621 g/mol. The first kappa shape index (κ1) is 31.2. The fourth-order valence-corrected chi connectivity index (χ4v) is 6.13. The monoisotopic (exact) mass is 621 g/mol. The average Bonchev–Trinajstić information content (AvgIpc) is 3.43. The summed E-state index contributed by atoms with van der Waals surface area (Å²) in [5, 5.41) is 58.7. The first-order chi connectivity index (χ1) is 18.7. The van der Waals surface area contributed by atoms with E-state index in [4.69, 9.17) is 20.3 Å². The van der Waals surface area contributed by atoms with Crippen molar-refractivity contribution in [2.24, 2.45) is 0 Å². The van der Waals surface area contributed by atoms with Crippen LogP contribution in [0.3, 0.4) is 0 Å². The van der Waals surface area contributed by atoms with Crippen molar-refractivity contribution < 1.29 is 76.8 Å². The number of phosphoric ester groups is 2. The molecular formula is C17H26FN5O15P2. The highest BCUT2D eigenvalue weighted by Crippen LogP contribution is 2.61. The lowest BCUT2D eigenvalue weighted by atomic mass is 9.96. The zero-order valence-electron chi connectivity index (χ0n) is 19.9. The van der Waals surface area contributed by atoms with Gasteiger partial charge < -0.3 is 55.6 Å². The Kier molecular flexibility index (Phi) is 9.22. The van der Waals surface area contributed by atoms with E-state index in [1.54, 1.807) is 0 Å². The third-order valence-corrected chi connectivity index (χ3v) is 8.57. The van der Waals surface area contributed by atoms with Gasteiger partial charge in [-0.15, -0.1) is 0 Å². The summed E-state index contributed by atoms with van der Waals surface area (Å²) >= 11 is 0. The van der Waals surface area contributed by atoms with Crippen LogP contribution < -0.4 is 5.73 Å². The molecule has 11 unspecified atom stereocenters. The van der Waals surface area contributed by atoms with Crippen LogP contribution in [0.1, 0.15) is 6.23 Å². The molecule has 2 saturated heterocycles. The van der Waals surface area contributed by atoms with Crippen LogP contribution in [0.2, 0.25) is 0 Å². The van der Waals surface area contributed by atoms with Crippen LogP contribution in [-0.4, -0.2) is 128 Å². The Morgan fingerprint density at radius 1 is 1.05 bits per heavy atom. The van der Waals surface area contributed by atoms with Crippen molar-refractivity contribution in [1.29, 1.82) is 0 Å². The summed E-state index contributed by atoms with van der Waals surface area (Å²) in [4.78, 5) is 31.4. The molecule has 2 aliphatic rings. The van der Waals surface area contributed by atoms with E-state index in [0.29, 0.717) is 0 Å². The van der Waals surface area contributed by atoms with Gasteiger partial charge in [0.1, 0.15) is 54.6 Å². The van der Waals surface area contributed by atoms with E-state index in [0.717, 1.165) is 17.2 Å². The molecule has 0 spiro atoms. The summed E-state index contributed by atoms with van der Waals surface area (Å²) in [6, 6.07) is 0. The van der Waals surface area contributed by atoms with E-state index in [2.05, 4.69) is 28.3 Å². The molecule has 4 heterocycles. The van der Waals surface area contributed by atoms with E-state index in [1.165, 1.54) is 0 Å². The molecule has 20 nitrogen and oxygen atoms in total. The van der Waals surface area contributed by atoms with Gasteiger partial charge in [-0.25, -0.2) is 28.5 Å². The second kappa shape index (κ2) is 11.8. The van der Waals surface area contributed by atoms with E-state index >= 15 is 0 Å². The Bertz CT molecular complexity index is 1290. The molecule has 40 heavy (non-hydrogen) atoms. The SMILES string of the molecule is Nc1ncnc2c1ncn2C1OC(COP(=O)(O)OP(=O)(O)OC2OC([C@H](O)CO)C(O)C(O)C2O)C(O)C1F. The summed E-state index contributed by atoms with van der Waals surface area (Å²) in [5.41, 5.74) is 5.86. The summed E-state index contributed by atoms with van der Waals surface area (Å²) < 4.78 is 64.0. The van der Waals surface area contributed by atoms with Gasteiger partial charge in [0.25, 0.3) is 0 Å². The van der Waals surface area contributed by atoms with Crippen LogP contribution in [0, 0.1) is 0 Å². The Morgan fingerprint density at radius 3 is 2.42 bits per heavy atom. The highest BCUT2D eigenvalue weighted by atomic mass is 31.3. The number of nitrogens with two attached hydrogens (primary N) is 1. The number of nitrogens with zero attached hydrogens (tertiary/aromatic N) is 4. The number of alkyl halides is 1. The van der Waals surface area contributed by atoms with Crippen molar-refractivity contribution in [3.05, 3.63) is 12.7 Å². The minimum atomic E-state index is -5.68. The van der Waals surface area contributed by atoms with E-state index < -0.39 is 90.3 Å². The molecular weight excluding hydrogens is 595 g/mol. The molecule has 0 amide bonds. The van der Waals surface area contributed by atoms with Gasteiger partial charge in [-0.05, 0) is 0 Å². The molecule has 0 saturated carbocycles. The molecule has 23 heteroatoms. The summed E-state index contributed by atoms with van der Waals surface area (Å²) in [6.07, 6.45) is -17.3. The predicted octanol–water partition coefficient (Wildman–Crippen LogP) is -3.58. The van der Waals surface area contributed by atoms with Crippen LogP contribution in [-0.2, 0) is 32.0 Å². The third kappa shape index (κ3) is 6.33. The molecule has 2 fully saturated rings. The maximum Gasteiger partial charge on any atom is 0.483 e. The quantitative estimate of drug-likeness (QED) is 0.116. The Morgan fingerprint density at radius 2 is 1.75 bits per heavy atom. The largest absolute Gasteiger partial charge is 0.483 e. The predicted molar refractivity (Wildman–Crippen MR) is 122 cm³/mol. The minimum absolute atomic E-state index is 0.0106. The smallest absolute Gasteiger partial charge is 0.394 e. The van der Waals surface area contributed by atoms with Gasteiger partial charge >= 0.3 is 15.6 Å². The molecule has 0 radical (unpaired) electrons. The molecule has 12 atom stereocenters. The lowest BCUT2D eigenvalue weighted by molar-refractivity contribution is -0.292. The second-order valence-corrected chi connectivity index (χ2v) is 11.7. The Labute approximate surface area is 222 Å². The van der Waals surface area contributed by atoms with Crippen LogP contribution >= 0.6 is 15.6 Å². The van der Waals surface area contributed by atoms with Gasteiger partial charge in [-0.2, -0.15) is 4.31 Å². The number of aromatic nitrogens is 4. The highest BCUT2D eigenvalue weighted by molar-refractivity contribution is 7.61. The van der Waals surface area contributed by atoms with Gasteiger partial charge in [0.2, 0.25) is 0 Å². The lowest BCUT2D eigenvalue weighted by Gasteiger charge is -2.41. The van der Waals surface area contributed by atoms with Crippen molar-refractivity contribution in [3.8, 4) is 0 Å². The number of anilines is 1. The molecule has 4 rings (SSSR count). The lowest BCUT2D eigenvalue weighted by Crippen LogP contribution is -2.61. The molecule has 0 aromatic carbocycles. The minimum Gasteiger partial charge on any atom is -0.394 e. The Hall–Kier alpha value is -1.78. The number of aliphatic hydroxyl groups is 6. The number of phosphoric acid groups is 2. The van der Waals surface area contributed by atoms with Gasteiger partial charge in [-0.1, -0.05) is 0 Å². The molecule has 2 aromatic rings. The van der Waals surface area contributed by atoms with Crippen molar-refractivity contribution in [3.63, 3.8) is 0 Å². The van der Waals surface area contributed by atoms with Crippen molar-refractivity contribution in [2.75, 3.05) is 18.9 Å². The Balaban J connectivity index is 1.38. The fourth-order valence-electron chi connectivity index (χ4n) is 3.98. The molecule has 0 aliphatic carbocycles.